The van der Waals surface area contributed by atoms with E-state index in [1.54, 1.807) is 0 Å². The van der Waals surface area contributed by atoms with Crippen molar-refractivity contribution in [2.45, 2.75) is 44.6 Å². The molecule has 0 amide bonds. The van der Waals surface area contributed by atoms with E-state index >= 15 is 0 Å². The third kappa shape index (κ3) is 2.64. The number of hydrogen-bond donors (Lipinski definition) is 1. The topological polar surface area (TPSA) is 38.3 Å². The Morgan fingerprint density at radius 2 is 2.25 bits per heavy atom. The van der Waals surface area contributed by atoms with Crippen molar-refractivity contribution in [2.75, 3.05) is 13.7 Å². The molecule has 1 fully saturated rings. The van der Waals surface area contributed by atoms with Crippen LogP contribution < -0.4 is 5.32 Å². The molecule has 1 aliphatic heterocycles. The third-order valence-electron chi connectivity index (χ3n) is 3.78. The minimum Gasteiger partial charge on any atom is -0.466 e. The van der Waals surface area contributed by atoms with Gasteiger partial charge in [-0.15, -0.1) is 0 Å². The lowest BCUT2D eigenvalue weighted by atomic mass is 9.79. The van der Waals surface area contributed by atoms with Gasteiger partial charge in [-0.3, -0.25) is 0 Å². The molecule has 3 heteroatoms. The molecule has 1 aliphatic carbocycles. The van der Waals surface area contributed by atoms with Gasteiger partial charge < -0.3 is 10.1 Å². The van der Waals surface area contributed by atoms with Gasteiger partial charge in [0.25, 0.3) is 0 Å². The van der Waals surface area contributed by atoms with Crippen LogP contribution in [0.3, 0.4) is 0 Å². The van der Waals surface area contributed by atoms with E-state index in [0.29, 0.717) is 12.0 Å². The molecule has 0 aromatic rings. The monoisotopic (exact) mass is 223 g/mol. The Balaban J connectivity index is 2.07. The van der Waals surface area contributed by atoms with E-state index in [1.165, 1.54) is 32.8 Å². The van der Waals surface area contributed by atoms with Gasteiger partial charge in [0, 0.05) is 11.6 Å². The Kier molecular flexibility index (Phi) is 3.99. The second kappa shape index (κ2) is 5.48. The van der Waals surface area contributed by atoms with Crippen molar-refractivity contribution in [2.24, 2.45) is 5.92 Å². The maximum atomic E-state index is 11.6. The zero-order valence-corrected chi connectivity index (χ0v) is 10.00. The van der Waals surface area contributed by atoms with Crippen LogP contribution in [0.25, 0.3) is 0 Å². The average Bonchev–Trinajstić information content (AvgIpc) is 2.29. The first-order valence-corrected chi connectivity index (χ1v) is 6.32. The average molecular weight is 223 g/mol. The Bertz CT molecular complexity index is 286. The predicted octanol–water partition coefficient (Wildman–Crippen LogP) is 2.03. The van der Waals surface area contributed by atoms with E-state index in [0.717, 1.165) is 25.0 Å². The van der Waals surface area contributed by atoms with E-state index in [9.17, 15) is 4.79 Å². The molecule has 0 radical (unpaired) electrons. The van der Waals surface area contributed by atoms with Gasteiger partial charge in [0.2, 0.25) is 0 Å². The van der Waals surface area contributed by atoms with E-state index in [1.807, 2.05) is 6.08 Å². The standard InChI is InChI=1S/C13H21NO2/c1-16-13(15)11-6-4-8-14-12-7-3-2-5-10(12)9-11/h6,10,12,14H,2-5,7-9H2,1H3/b11-6-/t10-,12-/m0/s1. The molecule has 0 aromatic heterocycles. The Labute approximate surface area is 97.2 Å². The predicted molar refractivity (Wildman–Crippen MR) is 63.1 cm³/mol. The molecule has 0 spiro atoms. The summed E-state index contributed by atoms with van der Waals surface area (Å²) in [4.78, 5) is 11.6. The van der Waals surface area contributed by atoms with Crippen LogP contribution in [-0.2, 0) is 9.53 Å². The second-order valence-electron chi connectivity index (χ2n) is 4.82. The summed E-state index contributed by atoms with van der Waals surface area (Å²) < 4.78 is 4.84. The first-order valence-electron chi connectivity index (χ1n) is 6.32. The molecular weight excluding hydrogens is 202 g/mol. The summed E-state index contributed by atoms with van der Waals surface area (Å²) in [5.74, 6) is 0.491. The Hall–Kier alpha value is -0.830. The number of fused-ring (bicyclic) bond motifs is 1. The second-order valence-corrected chi connectivity index (χ2v) is 4.82. The van der Waals surface area contributed by atoms with Gasteiger partial charge >= 0.3 is 5.97 Å². The Morgan fingerprint density at radius 3 is 3.06 bits per heavy atom. The van der Waals surface area contributed by atoms with E-state index in [2.05, 4.69) is 5.32 Å². The minimum atomic E-state index is -0.133. The molecule has 1 saturated carbocycles. The van der Waals surface area contributed by atoms with Crippen LogP contribution >= 0.6 is 0 Å². The Morgan fingerprint density at radius 1 is 1.44 bits per heavy atom. The number of ether oxygens (including phenoxy) is 1. The summed E-state index contributed by atoms with van der Waals surface area (Å²) in [6, 6.07) is 0.613. The molecule has 1 N–H and O–H groups in total. The molecule has 2 aliphatic rings. The molecule has 2 atom stereocenters. The number of methoxy groups -OCH3 is 1. The molecule has 1 heterocycles. The number of nitrogens with one attached hydrogen (secondary N) is 1. The van der Waals surface area contributed by atoms with Gasteiger partial charge in [0.15, 0.2) is 0 Å². The summed E-state index contributed by atoms with van der Waals surface area (Å²) in [7, 11) is 1.47. The van der Waals surface area contributed by atoms with Crippen molar-refractivity contribution in [1.82, 2.24) is 5.32 Å². The van der Waals surface area contributed by atoms with Crippen LogP contribution in [0.15, 0.2) is 11.6 Å². The summed E-state index contributed by atoms with van der Waals surface area (Å²) >= 11 is 0. The van der Waals surface area contributed by atoms with Crippen LogP contribution in [0, 0.1) is 5.92 Å². The molecular formula is C13H21NO2. The van der Waals surface area contributed by atoms with Gasteiger partial charge in [-0.25, -0.2) is 4.79 Å². The van der Waals surface area contributed by atoms with Gasteiger partial charge in [-0.2, -0.15) is 0 Å². The maximum absolute atomic E-state index is 11.6. The molecule has 90 valence electrons. The number of carbonyl (C=O) groups is 1. The molecule has 16 heavy (non-hydrogen) atoms. The third-order valence-corrected chi connectivity index (χ3v) is 3.78. The summed E-state index contributed by atoms with van der Waals surface area (Å²) in [6.07, 6.45) is 9.01. The quantitative estimate of drug-likeness (QED) is 0.691. The first kappa shape index (κ1) is 11.6. The summed E-state index contributed by atoms with van der Waals surface area (Å²) in [5, 5.41) is 3.60. The van der Waals surface area contributed by atoms with Crippen molar-refractivity contribution in [3.8, 4) is 0 Å². The van der Waals surface area contributed by atoms with Gasteiger partial charge in [0.1, 0.15) is 0 Å². The van der Waals surface area contributed by atoms with Crippen molar-refractivity contribution in [3.05, 3.63) is 11.6 Å². The molecule has 0 saturated heterocycles. The van der Waals surface area contributed by atoms with Crippen LogP contribution in [0.1, 0.15) is 38.5 Å². The van der Waals surface area contributed by atoms with Crippen LogP contribution in [0.5, 0.6) is 0 Å². The fraction of sp³-hybridized carbons (Fsp3) is 0.769. The molecule has 3 nitrogen and oxygen atoms in total. The number of hydrogen-bond acceptors (Lipinski definition) is 3. The van der Waals surface area contributed by atoms with Crippen LogP contribution in [-0.4, -0.2) is 25.7 Å². The van der Waals surface area contributed by atoms with Crippen LogP contribution in [0.2, 0.25) is 0 Å². The molecule has 0 bridgehead atoms. The SMILES string of the molecule is COC(=O)/C1=C\CCN[C@H]2CCCC[C@H]2C1. The summed E-state index contributed by atoms with van der Waals surface area (Å²) in [5.41, 5.74) is 0.890. The number of carbonyl (C=O) groups excluding carboxylic acids is 1. The fourth-order valence-corrected chi connectivity index (χ4v) is 2.90. The van der Waals surface area contributed by atoms with Crippen molar-refractivity contribution in [1.29, 1.82) is 0 Å². The highest BCUT2D eigenvalue weighted by molar-refractivity contribution is 5.88. The number of esters is 1. The van der Waals surface area contributed by atoms with Crippen molar-refractivity contribution in [3.63, 3.8) is 0 Å². The highest BCUT2D eigenvalue weighted by Crippen LogP contribution is 2.31. The van der Waals surface area contributed by atoms with E-state index < -0.39 is 0 Å². The lowest BCUT2D eigenvalue weighted by Crippen LogP contribution is -2.40. The van der Waals surface area contributed by atoms with Crippen molar-refractivity contribution >= 4 is 5.97 Å². The first-order chi connectivity index (χ1) is 7.81. The highest BCUT2D eigenvalue weighted by atomic mass is 16.5. The van der Waals surface area contributed by atoms with Gasteiger partial charge in [-0.1, -0.05) is 18.9 Å². The van der Waals surface area contributed by atoms with Crippen molar-refractivity contribution < 1.29 is 9.53 Å². The van der Waals surface area contributed by atoms with E-state index in [4.69, 9.17) is 4.74 Å². The lowest BCUT2D eigenvalue weighted by Gasteiger charge is -2.34. The number of rotatable bonds is 1. The minimum absolute atomic E-state index is 0.133. The van der Waals surface area contributed by atoms with Crippen LogP contribution in [0.4, 0.5) is 0 Å². The largest absolute Gasteiger partial charge is 0.466 e. The molecule has 0 aromatic carbocycles. The van der Waals surface area contributed by atoms with Gasteiger partial charge in [0.05, 0.1) is 7.11 Å². The zero-order chi connectivity index (χ0) is 11.4. The maximum Gasteiger partial charge on any atom is 0.333 e. The van der Waals surface area contributed by atoms with Gasteiger partial charge in [-0.05, 0) is 38.1 Å². The van der Waals surface area contributed by atoms with E-state index in [-0.39, 0.29) is 5.97 Å². The normalized spacial score (nSPS) is 33.9. The summed E-state index contributed by atoms with van der Waals surface area (Å²) in [6.45, 7) is 0.988. The smallest absolute Gasteiger partial charge is 0.333 e. The molecule has 2 rings (SSSR count). The fourth-order valence-electron chi connectivity index (χ4n) is 2.90. The zero-order valence-electron chi connectivity index (χ0n) is 10.00. The lowest BCUT2D eigenvalue weighted by molar-refractivity contribution is -0.136. The highest BCUT2D eigenvalue weighted by Gasteiger charge is 2.28. The molecule has 0 unspecified atom stereocenters.